The van der Waals surface area contributed by atoms with Crippen LogP contribution in [0.25, 0.3) is 0 Å². The standard InChI is InChI=1S/C3H8O2.C3H8O/c1-4-3-5-2;1-3(2)4/h3H2,1-2H3;3-4H,1-2H3. The van der Waals surface area contributed by atoms with Crippen molar-refractivity contribution < 1.29 is 14.6 Å². The van der Waals surface area contributed by atoms with E-state index in [1.54, 1.807) is 28.1 Å². The topological polar surface area (TPSA) is 38.7 Å². The molecule has 0 rings (SSSR count). The van der Waals surface area contributed by atoms with Crippen molar-refractivity contribution in [3.05, 3.63) is 0 Å². The molecule has 58 valence electrons. The highest BCUT2D eigenvalue weighted by Gasteiger charge is 1.69. The molecule has 3 nitrogen and oxygen atoms in total. The zero-order chi connectivity index (χ0) is 7.70. The molecule has 0 aliphatic carbocycles. The minimum atomic E-state index is -0.167. The Morgan fingerprint density at radius 1 is 1.22 bits per heavy atom. The van der Waals surface area contributed by atoms with Crippen LogP contribution in [-0.4, -0.2) is 32.2 Å². The first-order chi connectivity index (χ1) is 4.15. The fourth-order valence-electron chi connectivity index (χ4n) is 0.118. The second-order valence-corrected chi connectivity index (χ2v) is 1.79. The third-order valence-corrected chi connectivity index (χ3v) is 0.236. The van der Waals surface area contributed by atoms with Gasteiger partial charge in [0.25, 0.3) is 0 Å². The van der Waals surface area contributed by atoms with Gasteiger partial charge in [-0.25, -0.2) is 0 Å². The van der Waals surface area contributed by atoms with E-state index in [1.165, 1.54) is 0 Å². The second-order valence-electron chi connectivity index (χ2n) is 1.79. The number of methoxy groups -OCH3 is 2. The molecular weight excluding hydrogens is 120 g/mol. The highest BCUT2D eigenvalue weighted by atomic mass is 16.6. The highest BCUT2D eigenvalue weighted by molar-refractivity contribution is 4.20. The van der Waals surface area contributed by atoms with Crippen LogP contribution < -0.4 is 0 Å². The van der Waals surface area contributed by atoms with Crippen LogP contribution in [0.1, 0.15) is 13.8 Å². The minimum Gasteiger partial charge on any atom is -0.394 e. The number of ether oxygens (including phenoxy) is 2. The largest absolute Gasteiger partial charge is 0.394 e. The molecule has 0 fully saturated rings. The molecule has 0 heterocycles. The summed E-state index contributed by atoms with van der Waals surface area (Å²) in [6.45, 7) is 3.83. The van der Waals surface area contributed by atoms with Gasteiger partial charge >= 0.3 is 0 Å². The Morgan fingerprint density at radius 2 is 1.44 bits per heavy atom. The first-order valence-corrected chi connectivity index (χ1v) is 2.81. The number of aliphatic hydroxyl groups is 1. The van der Waals surface area contributed by atoms with Gasteiger partial charge in [-0.3, -0.25) is 0 Å². The summed E-state index contributed by atoms with van der Waals surface area (Å²) in [7, 11) is 3.17. The van der Waals surface area contributed by atoms with Gasteiger partial charge in [-0.05, 0) is 13.8 Å². The zero-order valence-electron chi connectivity index (χ0n) is 6.55. The van der Waals surface area contributed by atoms with Gasteiger partial charge in [0, 0.05) is 20.3 Å². The molecule has 3 heteroatoms. The number of hydrogen-bond donors (Lipinski definition) is 1. The molecule has 0 aliphatic heterocycles. The lowest BCUT2D eigenvalue weighted by molar-refractivity contribution is -0.00271. The molecule has 0 amide bonds. The Labute approximate surface area is 56.6 Å². The van der Waals surface area contributed by atoms with E-state index in [9.17, 15) is 0 Å². The molecular formula is C6H16O3. The average molecular weight is 136 g/mol. The molecule has 0 saturated carbocycles. The molecule has 1 N–H and O–H groups in total. The van der Waals surface area contributed by atoms with Gasteiger partial charge in [0.2, 0.25) is 0 Å². The Morgan fingerprint density at radius 3 is 1.44 bits per heavy atom. The Balaban J connectivity index is 0. The lowest BCUT2D eigenvalue weighted by Gasteiger charge is -1.87. The van der Waals surface area contributed by atoms with E-state index in [-0.39, 0.29) is 6.10 Å². The van der Waals surface area contributed by atoms with Crippen LogP contribution in [0.3, 0.4) is 0 Å². The second kappa shape index (κ2) is 10.8. The molecule has 0 aromatic heterocycles. The maximum atomic E-state index is 8.06. The number of hydrogen-bond acceptors (Lipinski definition) is 3. The third-order valence-electron chi connectivity index (χ3n) is 0.236. The highest BCUT2D eigenvalue weighted by Crippen LogP contribution is 1.65. The van der Waals surface area contributed by atoms with Crippen LogP contribution in [0.2, 0.25) is 0 Å². The fourth-order valence-corrected chi connectivity index (χ4v) is 0.118. The summed E-state index contributed by atoms with van der Waals surface area (Å²) >= 11 is 0. The van der Waals surface area contributed by atoms with Crippen LogP contribution >= 0.6 is 0 Å². The summed E-state index contributed by atoms with van der Waals surface area (Å²) < 4.78 is 8.94. The Bertz CT molecular complexity index is 32.5. The summed E-state index contributed by atoms with van der Waals surface area (Å²) in [6.07, 6.45) is -0.167. The molecule has 0 aromatic rings. The van der Waals surface area contributed by atoms with Gasteiger partial charge in [0.05, 0.1) is 0 Å². The quantitative estimate of drug-likeness (QED) is 0.566. The molecule has 0 aliphatic rings. The van der Waals surface area contributed by atoms with Crippen LogP contribution in [0.15, 0.2) is 0 Å². The van der Waals surface area contributed by atoms with E-state index < -0.39 is 0 Å². The lowest BCUT2D eigenvalue weighted by atomic mass is 10.5. The maximum Gasteiger partial charge on any atom is 0.145 e. The number of aliphatic hydroxyl groups excluding tert-OH is 1. The monoisotopic (exact) mass is 136 g/mol. The van der Waals surface area contributed by atoms with Crippen molar-refractivity contribution in [2.75, 3.05) is 21.0 Å². The molecule has 0 spiro atoms. The summed E-state index contributed by atoms with van der Waals surface area (Å²) in [6, 6.07) is 0. The van der Waals surface area contributed by atoms with Crippen molar-refractivity contribution in [2.45, 2.75) is 20.0 Å². The smallest absolute Gasteiger partial charge is 0.145 e. The minimum absolute atomic E-state index is 0.167. The van der Waals surface area contributed by atoms with E-state index >= 15 is 0 Å². The Hall–Kier alpha value is -0.120. The normalized spacial score (nSPS) is 8.67. The van der Waals surface area contributed by atoms with E-state index in [0.29, 0.717) is 6.79 Å². The summed E-state index contributed by atoms with van der Waals surface area (Å²) in [5, 5.41) is 8.06. The molecule has 0 radical (unpaired) electrons. The predicted molar refractivity (Wildman–Crippen MR) is 36.2 cm³/mol. The van der Waals surface area contributed by atoms with Gasteiger partial charge in [0.1, 0.15) is 6.79 Å². The van der Waals surface area contributed by atoms with Gasteiger partial charge in [0.15, 0.2) is 0 Å². The molecule has 9 heavy (non-hydrogen) atoms. The van der Waals surface area contributed by atoms with Crippen LogP contribution in [0.4, 0.5) is 0 Å². The van der Waals surface area contributed by atoms with Gasteiger partial charge in [-0.15, -0.1) is 0 Å². The SMILES string of the molecule is CC(C)O.COCOC. The average Bonchev–Trinajstić information content (AvgIpc) is 1.66. The summed E-state index contributed by atoms with van der Waals surface area (Å²) in [5.41, 5.74) is 0. The van der Waals surface area contributed by atoms with Gasteiger partial charge in [-0.2, -0.15) is 0 Å². The van der Waals surface area contributed by atoms with Crippen molar-refractivity contribution in [3.63, 3.8) is 0 Å². The van der Waals surface area contributed by atoms with Crippen molar-refractivity contribution in [2.24, 2.45) is 0 Å². The van der Waals surface area contributed by atoms with Crippen LogP contribution in [-0.2, 0) is 9.47 Å². The van der Waals surface area contributed by atoms with Crippen LogP contribution in [0.5, 0.6) is 0 Å². The summed E-state index contributed by atoms with van der Waals surface area (Å²) in [4.78, 5) is 0. The van der Waals surface area contributed by atoms with E-state index in [4.69, 9.17) is 5.11 Å². The molecule has 0 bridgehead atoms. The van der Waals surface area contributed by atoms with Crippen molar-refractivity contribution in [1.29, 1.82) is 0 Å². The first-order valence-electron chi connectivity index (χ1n) is 2.81. The maximum absolute atomic E-state index is 8.06. The van der Waals surface area contributed by atoms with Crippen molar-refractivity contribution in [3.8, 4) is 0 Å². The van der Waals surface area contributed by atoms with Gasteiger partial charge in [-0.1, -0.05) is 0 Å². The molecule has 0 aromatic carbocycles. The van der Waals surface area contributed by atoms with Crippen LogP contribution in [0, 0.1) is 0 Å². The molecule has 0 saturated heterocycles. The van der Waals surface area contributed by atoms with E-state index in [1.807, 2.05) is 0 Å². The predicted octanol–water partition coefficient (Wildman–Crippen LogP) is 0.624. The Kier molecular flexibility index (Phi) is 14.0. The van der Waals surface area contributed by atoms with E-state index in [2.05, 4.69) is 9.47 Å². The molecule has 0 unspecified atom stereocenters. The summed E-state index contributed by atoms with van der Waals surface area (Å²) in [5.74, 6) is 0. The van der Waals surface area contributed by atoms with E-state index in [0.717, 1.165) is 0 Å². The fraction of sp³-hybridized carbons (Fsp3) is 1.00. The third kappa shape index (κ3) is 77.1. The van der Waals surface area contributed by atoms with Crippen molar-refractivity contribution >= 4 is 0 Å². The van der Waals surface area contributed by atoms with Crippen molar-refractivity contribution in [1.82, 2.24) is 0 Å². The first kappa shape index (κ1) is 11.6. The van der Waals surface area contributed by atoms with Gasteiger partial charge < -0.3 is 14.6 Å². The zero-order valence-corrected chi connectivity index (χ0v) is 6.55. The number of rotatable bonds is 2. The lowest BCUT2D eigenvalue weighted by Crippen LogP contribution is -1.87. The molecule has 0 atom stereocenters.